The highest BCUT2D eigenvalue weighted by molar-refractivity contribution is 6.32. The Hall–Kier alpha value is -1.75. The molecule has 0 aromatic heterocycles. The molecule has 6 heteroatoms. The molecule has 0 aliphatic carbocycles. The number of halogens is 1. The van der Waals surface area contributed by atoms with Crippen molar-refractivity contribution in [2.45, 2.75) is 32.2 Å². The third kappa shape index (κ3) is 4.11. The molecule has 114 valence electrons. The lowest BCUT2D eigenvalue weighted by atomic mass is 10.1. The minimum atomic E-state index is -0.887. The van der Waals surface area contributed by atoms with Crippen molar-refractivity contribution in [1.82, 2.24) is 4.90 Å². The number of rotatable bonds is 5. The molecule has 1 aromatic rings. The second-order valence-corrected chi connectivity index (χ2v) is 5.61. The van der Waals surface area contributed by atoms with Crippen molar-refractivity contribution in [3.05, 3.63) is 28.8 Å². The fourth-order valence-corrected chi connectivity index (χ4v) is 2.69. The third-order valence-electron chi connectivity index (χ3n) is 3.55. The highest BCUT2D eigenvalue weighted by atomic mass is 35.5. The van der Waals surface area contributed by atoms with E-state index < -0.39 is 5.97 Å². The standard InChI is InChI=1S/C15H18ClNO4/c1-10-4-5-12(16)13(7-10)21-9-14(18)17-6-2-3-11(17)8-15(19)20/h4-5,7,11H,2-3,6,8-9H2,1H3,(H,19,20). The highest BCUT2D eigenvalue weighted by Crippen LogP contribution is 2.26. The Morgan fingerprint density at radius 3 is 2.95 bits per heavy atom. The van der Waals surface area contributed by atoms with Crippen LogP contribution >= 0.6 is 11.6 Å². The van der Waals surface area contributed by atoms with Gasteiger partial charge >= 0.3 is 5.97 Å². The number of hydrogen-bond donors (Lipinski definition) is 1. The molecule has 1 amide bonds. The molecule has 1 N–H and O–H groups in total. The summed E-state index contributed by atoms with van der Waals surface area (Å²) in [6, 6.07) is 5.13. The van der Waals surface area contributed by atoms with Crippen LogP contribution in [0.15, 0.2) is 18.2 Å². The smallest absolute Gasteiger partial charge is 0.305 e. The summed E-state index contributed by atoms with van der Waals surface area (Å²) in [6.07, 6.45) is 1.54. The molecule has 0 bridgehead atoms. The Balaban J connectivity index is 1.95. The van der Waals surface area contributed by atoms with Crippen molar-refractivity contribution < 1.29 is 19.4 Å². The van der Waals surface area contributed by atoms with Crippen LogP contribution in [0.3, 0.4) is 0 Å². The molecule has 1 aliphatic rings. The van der Waals surface area contributed by atoms with Crippen molar-refractivity contribution >= 4 is 23.5 Å². The van der Waals surface area contributed by atoms with Gasteiger partial charge in [0.15, 0.2) is 6.61 Å². The molecular weight excluding hydrogens is 294 g/mol. The van der Waals surface area contributed by atoms with Crippen LogP contribution in [0.25, 0.3) is 0 Å². The number of ether oxygens (including phenoxy) is 1. The van der Waals surface area contributed by atoms with E-state index in [1.54, 1.807) is 17.0 Å². The Morgan fingerprint density at radius 2 is 2.24 bits per heavy atom. The number of carboxylic acid groups (broad SMARTS) is 1. The lowest BCUT2D eigenvalue weighted by molar-refractivity contribution is -0.140. The molecule has 1 atom stereocenters. The van der Waals surface area contributed by atoms with Gasteiger partial charge in [0.2, 0.25) is 0 Å². The maximum absolute atomic E-state index is 12.2. The fraction of sp³-hybridized carbons (Fsp3) is 0.467. The zero-order valence-electron chi connectivity index (χ0n) is 11.8. The number of carbonyl (C=O) groups is 2. The van der Waals surface area contributed by atoms with Gasteiger partial charge in [-0.2, -0.15) is 0 Å². The Kier molecular flexibility index (Phi) is 5.07. The summed E-state index contributed by atoms with van der Waals surface area (Å²) in [5, 5.41) is 9.32. The Morgan fingerprint density at radius 1 is 1.48 bits per heavy atom. The largest absolute Gasteiger partial charge is 0.482 e. The first-order valence-electron chi connectivity index (χ1n) is 6.87. The summed E-state index contributed by atoms with van der Waals surface area (Å²) < 4.78 is 5.47. The average Bonchev–Trinajstić information content (AvgIpc) is 2.86. The van der Waals surface area contributed by atoms with Crippen LogP contribution in [0.2, 0.25) is 5.02 Å². The van der Waals surface area contributed by atoms with Crippen LogP contribution in [0.1, 0.15) is 24.8 Å². The topological polar surface area (TPSA) is 66.8 Å². The number of likely N-dealkylation sites (tertiary alicyclic amines) is 1. The number of hydrogen-bond acceptors (Lipinski definition) is 3. The zero-order valence-corrected chi connectivity index (χ0v) is 12.6. The summed E-state index contributed by atoms with van der Waals surface area (Å²) in [5.41, 5.74) is 0.992. The molecule has 5 nitrogen and oxygen atoms in total. The summed E-state index contributed by atoms with van der Waals surface area (Å²) in [4.78, 5) is 24.6. The van der Waals surface area contributed by atoms with Gasteiger partial charge < -0.3 is 14.7 Å². The van der Waals surface area contributed by atoms with E-state index in [4.69, 9.17) is 21.4 Å². The van der Waals surface area contributed by atoms with Crippen molar-refractivity contribution in [2.24, 2.45) is 0 Å². The van der Waals surface area contributed by atoms with Crippen LogP contribution in [0.5, 0.6) is 5.75 Å². The van der Waals surface area contributed by atoms with Crippen LogP contribution in [0.4, 0.5) is 0 Å². The molecule has 1 heterocycles. The average molecular weight is 312 g/mol. The number of carboxylic acids is 1. The van der Waals surface area contributed by atoms with Gasteiger partial charge in [-0.05, 0) is 37.5 Å². The first-order valence-corrected chi connectivity index (χ1v) is 7.25. The van der Waals surface area contributed by atoms with Gasteiger partial charge in [0.05, 0.1) is 11.4 Å². The van der Waals surface area contributed by atoms with E-state index in [1.165, 1.54) is 0 Å². The predicted octanol–water partition coefficient (Wildman–Crippen LogP) is 2.49. The van der Waals surface area contributed by atoms with Crippen molar-refractivity contribution in [2.75, 3.05) is 13.2 Å². The van der Waals surface area contributed by atoms with E-state index in [2.05, 4.69) is 0 Å². The molecule has 1 fully saturated rings. The maximum Gasteiger partial charge on any atom is 0.305 e. The van der Waals surface area contributed by atoms with Gasteiger partial charge in [-0.25, -0.2) is 0 Å². The molecule has 1 unspecified atom stereocenters. The van der Waals surface area contributed by atoms with Gasteiger partial charge in [0.25, 0.3) is 5.91 Å². The van der Waals surface area contributed by atoms with Gasteiger partial charge in [0.1, 0.15) is 5.75 Å². The van der Waals surface area contributed by atoms with Crippen LogP contribution < -0.4 is 4.74 Å². The van der Waals surface area contributed by atoms with Gasteiger partial charge in [-0.15, -0.1) is 0 Å². The minimum absolute atomic E-state index is 0.0169. The number of aliphatic carboxylic acids is 1. The molecule has 1 aromatic carbocycles. The fourth-order valence-electron chi connectivity index (χ4n) is 2.52. The van der Waals surface area contributed by atoms with E-state index >= 15 is 0 Å². The molecule has 0 saturated carbocycles. The second-order valence-electron chi connectivity index (χ2n) is 5.20. The van der Waals surface area contributed by atoms with Crippen molar-refractivity contribution in [3.8, 4) is 5.75 Å². The Bertz CT molecular complexity index is 546. The molecule has 1 saturated heterocycles. The molecule has 21 heavy (non-hydrogen) atoms. The summed E-state index contributed by atoms with van der Waals surface area (Å²) in [6.45, 7) is 2.37. The summed E-state index contributed by atoms with van der Waals surface area (Å²) >= 11 is 6.01. The molecular formula is C15H18ClNO4. The predicted molar refractivity (Wildman–Crippen MR) is 78.7 cm³/mol. The number of aryl methyl sites for hydroxylation is 1. The lowest BCUT2D eigenvalue weighted by Crippen LogP contribution is -2.39. The van der Waals surface area contributed by atoms with E-state index in [9.17, 15) is 9.59 Å². The monoisotopic (exact) mass is 311 g/mol. The van der Waals surface area contributed by atoms with Crippen LogP contribution in [0, 0.1) is 6.92 Å². The molecule has 0 spiro atoms. The molecule has 1 aliphatic heterocycles. The van der Waals surface area contributed by atoms with Crippen LogP contribution in [-0.2, 0) is 9.59 Å². The van der Waals surface area contributed by atoms with E-state index in [1.807, 2.05) is 13.0 Å². The first kappa shape index (κ1) is 15.6. The minimum Gasteiger partial charge on any atom is -0.482 e. The van der Waals surface area contributed by atoms with E-state index in [0.29, 0.717) is 17.3 Å². The lowest BCUT2D eigenvalue weighted by Gasteiger charge is -2.23. The van der Waals surface area contributed by atoms with Gasteiger partial charge in [-0.1, -0.05) is 17.7 Å². The van der Waals surface area contributed by atoms with E-state index in [-0.39, 0.29) is 25.0 Å². The maximum atomic E-state index is 12.2. The second kappa shape index (κ2) is 6.80. The van der Waals surface area contributed by atoms with E-state index in [0.717, 1.165) is 18.4 Å². The Labute approximate surface area is 128 Å². The summed E-state index contributed by atoms with van der Waals surface area (Å²) in [5.74, 6) is -0.613. The molecule has 2 rings (SSSR count). The molecule has 0 radical (unpaired) electrons. The van der Waals surface area contributed by atoms with Gasteiger partial charge in [0, 0.05) is 12.6 Å². The summed E-state index contributed by atoms with van der Waals surface area (Å²) in [7, 11) is 0. The normalized spacial score (nSPS) is 17.8. The number of carbonyl (C=O) groups excluding carboxylic acids is 1. The highest BCUT2D eigenvalue weighted by Gasteiger charge is 2.30. The van der Waals surface area contributed by atoms with Crippen molar-refractivity contribution in [1.29, 1.82) is 0 Å². The zero-order chi connectivity index (χ0) is 15.4. The quantitative estimate of drug-likeness (QED) is 0.907. The van der Waals surface area contributed by atoms with Gasteiger partial charge in [-0.3, -0.25) is 9.59 Å². The SMILES string of the molecule is Cc1ccc(Cl)c(OCC(=O)N2CCCC2CC(=O)O)c1. The van der Waals surface area contributed by atoms with Crippen LogP contribution in [-0.4, -0.2) is 41.1 Å². The first-order chi connectivity index (χ1) is 9.97. The number of benzene rings is 1. The number of amides is 1. The third-order valence-corrected chi connectivity index (χ3v) is 3.86. The van der Waals surface area contributed by atoms with Crippen molar-refractivity contribution in [3.63, 3.8) is 0 Å². The number of nitrogens with zero attached hydrogens (tertiary/aromatic N) is 1.